The minimum Gasteiger partial charge on any atom is -0.379 e. The maximum absolute atomic E-state index is 12.0. The third-order valence-corrected chi connectivity index (χ3v) is 4.57. The predicted molar refractivity (Wildman–Crippen MR) is 118 cm³/mol. The molecule has 0 bridgehead atoms. The van der Waals surface area contributed by atoms with Crippen molar-refractivity contribution in [2.75, 3.05) is 32.8 Å². The number of aryl methyl sites for hydroxylation is 1. The van der Waals surface area contributed by atoms with Gasteiger partial charge in [-0.05, 0) is 38.4 Å². The fourth-order valence-corrected chi connectivity index (χ4v) is 3.24. The summed E-state index contributed by atoms with van der Waals surface area (Å²) in [6, 6.07) is 3.81. The largest absolute Gasteiger partial charge is 0.379 e. The maximum atomic E-state index is 12.0. The molecule has 1 saturated heterocycles. The van der Waals surface area contributed by atoms with Crippen LogP contribution < -0.4 is 16.0 Å². The summed E-state index contributed by atoms with van der Waals surface area (Å²) in [5.74, 6) is 0. The van der Waals surface area contributed by atoms with Crippen molar-refractivity contribution in [2.45, 2.75) is 40.5 Å². The molecule has 0 saturated carbocycles. The van der Waals surface area contributed by atoms with E-state index in [4.69, 9.17) is 4.74 Å². The highest BCUT2D eigenvalue weighted by Gasteiger charge is 2.07. The summed E-state index contributed by atoms with van der Waals surface area (Å²) in [4.78, 5) is 21.8. The SMILES string of the molecule is CC.CCCN1CCOCC1.Cc1ccc2[nH]c(=O)c3c(c2n1)=CC=CCC=3. The third-order valence-electron chi connectivity index (χ3n) is 4.57. The topological polar surface area (TPSA) is 58.2 Å². The minimum atomic E-state index is -0.0434. The molecule has 0 radical (unpaired) electrons. The van der Waals surface area contributed by atoms with Gasteiger partial charge in [0.15, 0.2) is 0 Å². The molecule has 1 aliphatic heterocycles. The molecule has 1 N–H and O–H groups in total. The normalized spacial score (nSPS) is 15.7. The van der Waals surface area contributed by atoms with Crippen LogP contribution in [0.15, 0.2) is 29.1 Å². The average molecular weight is 384 g/mol. The number of rotatable bonds is 2. The van der Waals surface area contributed by atoms with E-state index in [2.05, 4.69) is 21.8 Å². The summed E-state index contributed by atoms with van der Waals surface area (Å²) in [6.07, 6.45) is 9.96. The van der Waals surface area contributed by atoms with Gasteiger partial charge in [-0.15, -0.1) is 0 Å². The van der Waals surface area contributed by atoms with Gasteiger partial charge in [-0.25, -0.2) is 0 Å². The Morgan fingerprint density at radius 2 is 1.93 bits per heavy atom. The maximum Gasteiger partial charge on any atom is 0.256 e. The predicted octanol–water partition coefficient (Wildman–Crippen LogP) is 2.51. The highest BCUT2D eigenvalue weighted by Crippen LogP contribution is 2.03. The number of hydrogen-bond donors (Lipinski definition) is 1. The van der Waals surface area contributed by atoms with Crippen LogP contribution in [0.4, 0.5) is 0 Å². The molecular weight excluding hydrogens is 350 g/mol. The zero-order chi connectivity index (χ0) is 20.4. The van der Waals surface area contributed by atoms with Gasteiger partial charge >= 0.3 is 0 Å². The van der Waals surface area contributed by atoms with Crippen LogP contribution in [0.25, 0.3) is 23.2 Å². The molecule has 4 rings (SSSR count). The van der Waals surface area contributed by atoms with Gasteiger partial charge in [-0.1, -0.05) is 45.1 Å². The first-order chi connectivity index (χ1) is 13.7. The van der Waals surface area contributed by atoms with Gasteiger partial charge in [0.05, 0.1) is 24.2 Å². The van der Waals surface area contributed by atoms with Gasteiger partial charge in [0, 0.05) is 29.2 Å². The number of aromatic nitrogens is 2. The molecular formula is C23H33N3O2. The highest BCUT2D eigenvalue weighted by atomic mass is 16.5. The zero-order valence-electron chi connectivity index (χ0n) is 17.6. The monoisotopic (exact) mass is 383 g/mol. The second-order valence-corrected chi connectivity index (χ2v) is 6.62. The Morgan fingerprint density at radius 3 is 2.64 bits per heavy atom. The third kappa shape index (κ3) is 5.88. The lowest BCUT2D eigenvalue weighted by Crippen LogP contribution is -2.41. The quantitative estimate of drug-likeness (QED) is 0.866. The van der Waals surface area contributed by atoms with Gasteiger partial charge in [-0.3, -0.25) is 14.7 Å². The Bertz CT molecular complexity index is 951. The van der Waals surface area contributed by atoms with E-state index in [1.165, 1.54) is 13.0 Å². The van der Waals surface area contributed by atoms with Crippen molar-refractivity contribution in [2.24, 2.45) is 0 Å². The Morgan fingerprint density at radius 1 is 1.18 bits per heavy atom. The number of morpholine rings is 1. The number of pyridine rings is 2. The number of fused-ring (bicyclic) bond motifs is 3. The van der Waals surface area contributed by atoms with E-state index in [-0.39, 0.29) is 5.56 Å². The molecule has 28 heavy (non-hydrogen) atoms. The van der Waals surface area contributed by atoms with Crippen LogP contribution >= 0.6 is 0 Å². The van der Waals surface area contributed by atoms with E-state index in [0.717, 1.165) is 59.9 Å². The molecule has 3 heterocycles. The standard InChI is InChI=1S/C14H12N2O.C7H15NO.C2H6/c1-9-7-8-12-13(15-9)10-5-3-2-4-6-11(10)14(17)16-12;1-2-3-8-4-6-9-7-5-8;1-2/h2-3,5-8H,4H2,1H3,(H,16,17);2-7H2,1H3;1-2H3. The van der Waals surface area contributed by atoms with E-state index < -0.39 is 0 Å². The molecule has 2 aliphatic rings. The van der Waals surface area contributed by atoms with Crippen molar-refractivity contribution in [1.82, 2.24) is 14.9 Å². The van der Waals surface area contributed by atoms with Crippen molar-refractivity contribution < 1.29 is 4.74 Å². The second kappa shape index (κ2) is 11.6. The Balaban J connectivity index is 0.000000216. The Hall–Kier alpha value is -2.24. The second-order valence-electron chi connectivity index (χ2n) is 6.62. The van der Waals surface area contributed by atoms with Crippen molar-refractivity contribution in [1.29, 1.82) is 0 Å². The summed E-state index contributed by atoms with van der Waals surface area (Å²) in [5, 5.41) is 1.64. The lowest BCUT2D eigenvalue weighted by Gasteiger charge is -2.25. The molecule has 0 unspecified atom stereocenters. The summed E-state index contributed by atoms with van der Waals surface area (Å²) in [7, 11) is 0. The Labute approximate surface area is 167 Å². The summed E-state index contributed by atoms with van der Waals surface area (Å²) in [5.41, 5.74) is 2.56. The lowest BCUT2D eigenvalue weighted by atomic mass is 10.2. The van der Waals surface area contributed by atoms with E-state index in [0.29, 0.717) is 0 Å². The van der Waals surface area contributed by atoms with Crippen LogP contribution in [-0.2, 0) is 4.74 Å². The molecule has 152 valence electrons. The number of ether oxygens (including phenoxy) is 1. The van der Waals surface area contributed by atoms with Crippen LogP contribution in [0.3, 0.4) is 0 Å². The zero-order valence-corrected chi connectivity index (χ0v) is 17.6. The van der Waals surface area contributed by atoms with Crippen LogP contribution in [0, 0.1) is 6.92 Å². The number of allylic oxidation sites excluding steroid dienone is 2. The van der Waals surface area contributed by atoms with E-state index in [1.54, 1.807) is 0 Å². The first-order valence-corrected chi connectivity index (χ1v) is 10.4. The molecule has 5 heteroatoms. The molecule has 0 aromatic carbocycles. The molecule has 2 aromatic rings. The van der Waals surface area contributed by atoms with Gasteiger partial charge in [-0.2, -0.15) is 0 Å². The summed E-state index contributed by atoms with van der Waals surface area (Å²) >= 11 is 0. The van der Waals surface area contributed by atoms with Crippen molar-refractivity contribution in [3.8, 4) is 0 Å². The van der Waals surface area contributed by atoms with Crippen molar-refractivity contribution in [3.63, 3.8) is 0 Å². The summed E-state index contributed by atoms with van der Waals surface area (Å²) < 4.78 is 5.20. The number of nitrogens with one attached hydrogen (secondary N) is 1. The minimum absolute atomic E-state index is 0.0434. The number of aromatic amines is 1. The van der Waals surface area contributed by atoms with Crippen LogP contribution in [-0.4, -0.2) is 47.7 Å². The molecule has 1 aliphatic carbocycles. The van der Waals surface area contributed by atoms with E-state index in [1.807, 2.05) is 57.2 Å². The van der Waals surface area contributed by atoms with Crippen LogP contribution in [0.2, 0.25) is 0 Å². The summed E-state index contributed by atoms with van der Waals surface area (Å²) in [6.45, 7) is 13.5. The number of hydrogen-bond acceptors (Lipinski definition) is 4. The van der Waals surface area contributed by atoms with Gasteiger partial charge in [0.2, 0.25) is 0 Å². The lowest BCUT2D eigenvalue weighted by molar-refractivity contribution is 0.0380. The van der Waals surface area contributed by atoms with Gasteiger partial charge in [0.1, 0.15) is 0 Å². The molecule has 2 aromatic heterocycles. The van der Waals surface area contributed by atoms with Gasteiger partial charge in [0.25, 0.3) is 5.56 Å². The fraction of sp³-hybridized carbons (Fsp3) is 0.478. The van der Waals surface area contributed by atoms with E-state index >= 15 is 0 Å². The first-order valence-electron chi connectivity index (χ1n) is 10.4. The molecule has 0 atom stereocenters. The van der Waals surface area contributed by atoms with Crippen molar-refractivity contribution in [3.05, 3.63) is 50.8 Å². The molecule has 0 spiro atoms. The van der Waals surface area contributed by atoms with Crippen LogP contribution in [0.5, 0.6) is 0 Å². The Kier molecular flexibility index (Phi) is 9.11. The van der Waals surface area contributed by atoms with Gasteiger partial charge < -0.3 is 9.72 Å². The number of nitrogens with zero attached hydrogens (tertiary/aromatic N) is 2. The van der Waals surface area contributed by atoms with E-state index in [9.17, 15) is 4.79 Å². The molecule has 0 amide bonds. The number of H-pyrrole nitrogens is 1. The molecule has 5 nitrogen and oxygen atoms in total. The highest BCUT2D eigenvalue weighted by molar-refractivity contribution is 5.76. The van der Waals surface area contributed by atoms with Crippen molar-refractivity contribution >= 4 is 23.2 Å². The fourth-order valence-electron chi connectivity index (χ4n) is 3.24. The van der Waals surface area contributed by atoms with Crippen LogP contribution in [0.1, 0.15) is 39.3 Å². The smallest absolute Gasteiger partial charge is 0.256 e. The first kappa shape index (κ1) is 22.1. The average Bonchev–Trinajstić information content (AvgIpc) is 2.99. The molecule has 1 fully saturated rings.